The van der Waals surface area contributed by atoms with Crippen LogP contribution in [-0.2, 0) is 0 Å². The molecule has 0 aromatic carbocycles. The Bertz CT molecular complexity index is 1130. The van der Waals surface area contributed by atoms with Crippen LogP contribution in [0.1, 0.15) is 92.5 Å². The van der Waals surface area contributed by atoms with Crippen LogP contribution in [-0.4, -0.2) is 60.7 Å². The van der Waals surface area contributed by atoms with E-state index in [2.05, 4.69) is 39.9 Å². The molecule has 0 unspecified atom stereocenters. The van der Waals surface area contributed by atoms with Crippen LogP contribution >= 0.6 is 11.3 Å². The summed E-state index contributed by atoms with van der Waals surface area (Å²) in [6.45, 7) is 5.83. The molecule has 8 nitrogen and oxygen atoms in total. The van der Waals surface area contributed by atoms with Gasteiger partial charge in [-0.2, -0.15) is 4.98 Å². The molecule has 35 heavy (non-hydrogen) atoms. The maximum Gasteiger partial charge on any atom is 0.282 e. The molecule has 1 saturated carbocycles. The summed E-state index contributed by atoms with van der Waals surface area (Å²) in [5, 5.41) is 17.1. The number of carbonyl (C=O) groups is 1. The molecule has 188 valence electrons. The fourth-order valence-corrected chi connectivity index (χ4v) is 6.25. The van der Waals surface area contributed by atoms with Gasteiger partial charge in [0.1, 0.15) is 5.65 Å². The molecule has 1 amide bonds. The molecule has 0 spiro atoms. The van der Waals surface area contributed by atoms with E-state index >= 15 is 0 Å². The van der Waals surface area contributed by atoms with Crippen molar-refractivity contribution in [3.63, 3.8) is 0 Å². The zero-order chi connectivity index (χ0) is 24.4. The van der Waals surface area contributed by atoms with Gasteiger partial charge in [-0.25, -0.2) is 9.97 Å². The summed E-state index contributed by atoms with van der Waals surface area (Å²) in [4.78, 5) is 28.6. The minimum Gasteiger partial charge on any atom is -0.393 e. The molecule has 0 bridgehead atoms. The Hall–Kier alpha value is -2.52. The Morgan fingerprint density at radius 3 is 2.66 bits per heavy atom. The van der Waals surface area contributed by atoms with E-state index in [0.29, 0.717) is 29.0 Å². The second-order valence-electron chi connectivity index (χ2n) is 10.1. The van der Waals surface area contributed by atoms with Crippen LogP contribution in [0.4, 0.5) is 5.95 Å². The van der Waals surface area contributed by atoms with E-state index in [4.69, 9.17) is 4.98 Å². The number of piperidine rings is 1. The van der Waals surface area contributed by atoms with Crippen molar-refractivity contribution in [3.8, 4) is 0 Å². The Morgan fingerprint density at radius 1 is 1.20 bits per heavy atom. The lowest BCUT2D eigenvalue weighted by molar-refractivity contribution is 0.0712. The van der Waals surface area contributed by atoms with Crippen LogP contribution in [0.5, 0.6) is 0 Å². The van der Waals surface area contributed by atoms with E-state index in [1.807, 2.05) is 16.5 Å². The molecule has 1 saturated heterocycles. The number of nitrogens with one attached hydrogen (secondary N) is 1. The first-order chi connectivity index (χ1) is 17.0. The predicted molar refractivity (Wildman–Crippen MR) is 139 cm³/mol. The van der Waals surface area contributed by atoms with Crippen LogP contribution in [0.25, 0.3) is 11.0 Å². The van der Waals surface area contributed by atoms with E-state index in [0.717, 1.165) is 75.5 Å². The molecule has 4 heterocycles. The van der Waals surface area contributed by atoms with Gasteiger partial charge >= 0.3 is 0 Å². The number of rotatable bonds is 7. The van der Waals surface area contributed by atoms with Crippen LogP contribution in [0.15, 0.2) is 24.0 Å². The minimum atomic E-state index is -0.186. The molecule has 1 aliphatic heterocycles. The number of aliphatic hydroxyl groups is 1. The van der Waals surface area contributed by atoms with Crippen LogP contribution in [0.2, 0.25) is 0 Å². The van der Waals surface area contributed by atoms with Gasteiger partial charge in [0, 0.05) is 54.5 Å². The highest BCUT2D eigenvalue weighted by Crippen LogP contribution is 2.38. The van der Waals surface area contributed by atoms with E-state index in [9.17, 15) is 9.90 Å². The molecule has 3 aromatic heterocycles. The molecule has 1 atom stereocenters. The van der Waals surface area contributed by atoms with Gasteiger partial charge in [0.2, 0.25) is 5.95 Å². The van der Waals surface area contributed by atoms with Gasteiger partial charge in [0.05, 0.1) is 6.10 Å². The van der Waals surface area contributed by atoms with Gasteiger partial charge < -0.3 is 19.9 Å². The van der Waals surface area contributed by atoms with Gasteiger partial charge in [0.15, 0.2) is 5.01 Å². The van der Waals surface area contributed by atoms with Gasteiger partial charge in [-0.3, -0.25) is 4.79 Å². The number of nitrogens with zero attached hydrogens (tertiary/aromatic N) is 5. The maximum atomic E-state index is 12.7. The molecular weight excluding hydrogens is 460 g/mol. The van der Waals surface area contributed by atoms with E-state index in [1.165, 1.54) is 16.9 Å². The molecule has 9 heteroatoms. The number of hydrogen-bond donors (Lipinski definition) is 2. The topological polar surface area (TPSA) is 96.2 Å². The van der Waals surface area contributed by atoms with E-state index in [1.54, 1.807) is 6.20 Å². The second-order valence-corrected chi connectivity index (χ2v) is 11.0. The SMILES string of the molecule is CCC[C@H](C)Nc1ncc2c(C3CCN(C(=O)c4nccs4)CC3)cn(C3CCC(O)CC3)c2n1. The van der Waals surface area contributed by atoms with Crippen molar-refractivity contribution in [1.29, 1.82) is 0 Å². The number of thiazole rings is 1. The zero-order valence-electron chi connectivity index (χ0n) is 20.7. The van der Waals surface area contributed by atoms with Gasteiger partial charge in [-0.15, -0.1) is 11.3 Å². The van der Waals surface area contributed by atoms with Crippen molar-refractivity contribution in [2.24, 2.45) is 0 Å². The van der Waals surface area contributed by atoms with Crippen molar-refractivity contribution in [1.82, 2.24) is 24.4 Å². The summed E-state index contributed by atoms with van der Waals surface area (Å²) in [6.07, 6.45) is 13.4. The van der Waals surface area contributed by atoms with Gasteiger partial charge in [-0.05, 0) is 63.4 Å². The van der Waals surface area contributed by atoms with Crippen molar-refractivity contribution in [3.05, 3.63) is 34.5 Å². The van der Waals surface area contributed by atoms with Crippen molar-refractivity contribution >= 4 is 34.2 Å². The summed E-state index contributed by atoms with van der Waals surface area (Å²) >= 11 is 1.41. The summed E-state index contributed by atoms with van der Waals surface area (Å²) in [7, 11) is 0. The van der Waals surface area contributed by atoms with Crippen molar-refractivity contribution < 1.29 is 9.90 Å². The van der Waals surface area contributed by atoms with E-state index < -0.39 is 0 Å². The predicted octanol–water partition coefficient (Wildman–Crippen LogP) is 4.98. The summed E-state index contributed by atoms with van der Waals surface area (Å²) < 4.78 is 2.35. The fourth-order valence-electron chi connectivity index (χ4n) is 5.65. The van der Waals surface area contributed by atoms with E-state index in [-0.39, 0.29) is 12.0 Å². The molecule has 2 fully saturated rings. The number of hydrogen-bond acceptors (Lipinski definition) is 7. The van der Waals surface area contributed by atoms with Crippen molar-refractivity contribution in [2.75, 3.05) is 18.4 Å². The monoisotopic (exact) mass is 496 g/mol. The van der Waals surface area contributed by atoms with Gasteiger partial charge in [0.25, 0.3) is 5.91 Å². The number of aromatic nitrogens is 4. The molecular formula is C26H36N6O2S. The Kier molecular flexibility index (Phi) is 7.34. The third-order valence-corrected chi connectivity index (χ3v) is 8.36. The van der Waals surface area contributed by atoms with Crippen LogP contribution in [0.3, 0.4) is 0 Å². The lowest BCUT2D eigenvalue weighted by Gasteiger charge is -2.31. The average molecular weight is 497 g/mol. The number of likely N-dealkylation sites (tertiary alicyclic amines) is 1. The summed E-state index contributed by atoms with van der Waals surface area (Å²) in [5.41, 5.74) is 2.28. The quantitative estimate of drug-likeness (QED) is 0.479. The average Bonchev–Trinajstić information content (AvgIpc) is 3.53. The number of aliphatic hydroxyl groups excluding tert-OH is 1. The summed E-state index contributed by atoms with van der Waals surface area (Å²) in [5.74, 6) is 1.10. The lowest BCUT2D eigenvalue weighted by atomic mass is 9.89. The first-order valence-electron chi connectivity index (χ1n) is 13.0. The second kappa shape index (κ2) is 10.6. The molecule has 2 aliphatic rings. The largest absolute Gasteiger partial charge is 0.393 e. The molecule has 1 aliphatic carbocycles. The van der Waals surface area contributed by atoms with Crippen LogP contribution < -0.4 is 5.32 Å². The summed E-state index contributed by atoms with van der Waals surface area (Å²) in [6, 6.07) is 0.668. The molecule has 2 N–H and O–H groups in total. The number of amides is 1. The Labute approximate surface area is 210 Å². The lowest BCUT2D eigenvalue weighted by Crippen LogP contribution is -2.37. The molecule has 0 radical (unpaired) electrons. The number of anilines is 1. The third-order valence-electron chi connectivity index (χ3n) is 7.60. The first kappa shape index (κ1) is 24.2. The third kappa shape index (κ3) is 5.21. The highest BCUT2D eigenvalue weighted by molar-refractivity contribution is 7.11. The highest BCUT2D eigenvalue weighted by atomic mass is 32.1. The highest BCUT2D eigenvalue weighted by Gasteiger charge is 2.30. The smallest absolute Gasteiger partial charge is 0.282 e. The molecule has 3 aromatic rings. The minimum absolute atomic E-state index is 0.0434. The number of carbonyl (C=O) groups excluding carboxylic acids is 1. The fraction of sp³-hybridized carbons (Fsp3) is 0.615. The Morgan fingerprint density at radius 2 is 1.97 bits per heavy atom. The van der Waals surface area contributed by atoms with Gasteiger partial charge in [-0.1, -0.05) is 13.3 Å². The Balaban J connectivity index is 1.40. The standard InChI is InChI=1S/C26H36N6O2S/c1-3-4-17(2)29-26-28-15-21-22(16-32(23(21)30-26)19-5-7-20(33)8-6-19)18-9-12-31(13-10-18)25(34)24-27-11-14-35-24/h11,14-20,33H,3-10,12-13H2,1-2H3,(H,28,29,30)/t17-,19?,20?/m0/s1. The number of fused-ring (bicyclic) bond motifs is 1. The molecule has 5 rings (SSSR count). The normalized spacial score (nSPS) is 22.4. The maximum absolute atomic E-state index is 12.7. The van der Waals surface area contributed by atoms with Crippen molar-refractivity contribution in [2.45, 2.75) is 89.3 Å². The first-order valence-corrected chi connectivity index (χ1v) is 13.9. The zero-order valence-corrected chi connectivity index (χ0v) is 21.5. The van der Waals surface area contributed by atoms with Crippen LogP contribution in [0, 0.1) is 0 Å².